The molecule has 0 radical (unpaired) electrons. The topological polar surface area (TPSA) is 32.7 Å². The fourth-order valence-corrected chi connectivity index (χ4v) is 3.06. The minimum atomic E-state index is -0.578. The smallest absolute Gasteiger partial charge is 0.0746 e. The van der Waals surface area contributed by atoms with Gasteiger partial charge in [0, 0.05) is 19.2 Å². The minimum absolute atomic E-state index is 0.318. The van der Waals surface area contributed by atoms with Crippen molar-refractivity contribution < 1.29 is 9.84 Å². The van der Waals surface area contributed by atoms with Gasteiger partial charge in [-0.1, -0.05) is 0 Å². The quantitative estimate of drug-likeness (QED) is 0.798. The monoisotopic (exact) mass is 227 g/mol. The molecular formula is C13H25NO2. The molecule has 3 heteroatoms. The van der Waals surface area contributed by atoms with E-state index in [1.54, 1.807) is 0 Å². The summed E-state index contributed by atoms with van der Waals surface area (Å²) in [7, 11) is 0. The van der Waals surface area contributed by atoms with Crippen molar-refractivity contribution in [3.05, 3.63) is 0 Å². The third kappa shape index (κ3) is 2.96. The van der Waals surface area contributed by atoms with Crippen LogP contribution < -0.4 is 0 Å². The molecule has 2 atom stereocenters. The van der Waals surface area contributed by atoms with E-state index < -0.39 is 5.60 Å². The van der Waals surface area contributed by atoms with Gasteiger partial charge in [-0.15, -0.1) is 0 Å². The molecule has 2 fully saturated rings. The van der Waals surface area contributed by atoms with E-state index in [0.717, 1.165) is 26.1 Å². The predicted molar refractivity (Wildman–Crippen MR) is 64.5 cm³/mol. The molecule has 0 amide bonds. The second-order valence-electron chi connectivity index (χ2n) is 5.80. The number of hydrogen-bond donors (Lipinski definition) is 1. The molecule has 1 N–H and O–H groups in total. The van der Waals surface area contributed by atoms with Gasteiger partial charge in [0.05, 0.1) is 11.7 Å². The maximum Gasteiger partial charge on any atom is 0.0746 e. The summed E-state index contributed by atoms with van der Waals surface area (Å²) in [5.41, 5.74) is -0.578. The molecule has 2 rings (SSSR count). The van der Waals surface area contributed by atoms with E-state index in [1.165, 1.54) is 25.7 Å². The Kier molecular flexibility index (Phi) is 3.88. The first-order chi connectivity index (χ1) is 7.57. The van der Waals surface area contributed by atoms with Crippen molar-refractivity contribution >= 4 is 0 Å². The largest absolute Gasteiger partial charge is 0.389 e. The van der Waals surface area contributed by atoms with Crippen LogP contribution in [-0.4, -0.2) is 47.4 Å². The Balaban J connectivity index is 1.88. The Morgan fingerprint density at radius 2 is 2.06 bits per heavy atom. The van der Waals surface area contributed by atoms with Crippen LogP contribution in [-0.2, 0) is 4.74 Å². The van der Waals surface area contributed by atoms with Crippen LogP contribution in [0.5, 0.6) is 0 Å². The zero-order valence-electron chi connectivity index (χ0n) is 10.6. The Morgan fingerprint density at radius 1 is 1.25 bits per heavy atom. The molecule has 2 saturated heterocycles. The highest BCUT2D eigenvalue weighted by atomic mass is 16.5. The highest BCUT2D eigenvalue weighted by molar-refractivity contribution is 4.91. The maximum absolute atomic E-state index is 10.1. The van der Waals surface area contributed by atoms with Gasteiger partial charge in [0.2, 0.25) is 0 Å². The second kappa shape index (κ2) is 5.03. The van der Waals surface area contributed by atoms with Gasteiger partial charge >= 0.3 is 0 Å². The van der Waals surface area contributed by atoms with Crippen LogP contribution in [0.4, 0.5) is 0 Å². The normalized spacial score (nSPS) is 33.2. The van der Waals surface area contributed by atoms with Gasteiger partial charge in [0.15, 0.2) is 0 Å². The number of rotatable bonds is 3. The first-order valence-electron chi connectivity index (χ1n) is 6.65. The van der Waals surface area contributed by atoms with Gasteiger partial charge in [-0.05, 0) is 52.5 Å². The predicted octanol–water partition coefficient (Wildman–Crippen LogP) is 1.79. The summed E-state index contributed by atoms with van der Waals surface area (Å²) >= 11 is 0. The molecule has 2 unspecified atom stereocenters. The van der Waals surface area contributed by atoms with Crippen LogP contribution in [0.15, 0.2) is 0 Å². The van der Waals surface area contributed by atoms with Crippen LogP contribution in [0.3, 0.4) is 0 Å². The standard InChI is InChI=1S/C13H25NO2/c1-13(2,15)12-7-5-8-14(12)10-11-6-3-4-9-16-11/h11-12,15H,3-10H2,1-2H3. The number of hydrogen-bond acceptors (Lipinski definition) is 3. The Morgan fingerprint density at radius 3 is 2.69 bits per heavy atom. The lowest BCUT2D eigenvalue weighted by Crippen LogP contribution is -2.48. The van der Waals surface area contributed by atoms with E-state index in [4.69, 9.17) is 4.74 Å². The second-order valence-corrected chi connectivity index (χ2v) is 5.80. The van der Waals surface area contributed by atoms with Crippen molar-refractivity contribution in [2.24, 2.45) is 0 Å². The molecule has 16 heavy (non-hydrogen) atoms. The van der Waals surface area contributed by atoms with Crippen molar-refractivity contribution in [1.29, 1.82) is 0 Å². The number of nitrogens with zero attached hydrogens (tertiary/aromatic N) is 1. The molecule has 0 aromatic rings. The summed E-state index contributed by atoms with van der Waals surface area (Å²) in [5, 5.41) is 10.1. The average molecular weight is 227 g/mol. The Labute approximate surface area is 98.8 Å². The summed E-state index contributed by atoms with van der Waals surface area (Å²) < 4.78 is 5.78. The van der Waals surface area contributed by atoms with Crippen LogP contribution in [0, 0.1) is 0 Å². The molecule has 0 bridgehead atoms. The van der Waals surface area contributed by atoms with E-state index in [0.29, 0.717) is 12.1 Å². The van der Waals surface area contributed by atoms with E-state index in [1.807, 2.05) is 13.8 Å². The van der Waals surface area contributed by atoms with Gasteiger partial charge in [-0.25, -0.2) is 0 Å². The third-order valence-corrected chi connectivity index (χ3v) is 3.89. The third-order valence-electron chi connectivity index (χ3n) is 3.89. The lowest BCUT2D eigenvalue weighted by Gasteiger charge is -2.36. The average Bonchev–Trinajstić information content (AvgIpc) is 2.67. The fraction of sp³-hybridized carbons (Fsp3) is 1.00. The summed E-state index contributed by atoms with van der Waals surface area (Å²) in [6.07, 6.45) is 6.43. The Bertz CT molecular complexity index is 218. The van der Waals surface area contributed by atoms with Crippen LogP contribution in [0.1, 0.15) is 46.0 Å². The molecule has 2 aliphatic rings. The molecule has 0 saturated carbocycles. The zero-order chi connectivity index (χ0) is 11.6. The van der Waals surface area contributed by atoms with E-state index in [2.05, 4.69) is 4.90 Å². The SMILES string of the molecule is CC(C)(O)C1CCCN1CC1CCCCO1. The first-order valence-corrected chi connectivity index (χ1v) is 6.65. The lowest BCUT2D eigenvalue weighted by molar-refractivity contribution is -0.0428. The molecule has 0 spiro atoms. The summed E-state index contributed by atoms with van der Waals surface area (Å²) in [6, 6.07) is 0.318. The van der Waals surface area contributed by atoms with E-state index in [9.17, 15) is 5.11 Å². The van der Waals surface area contributed by atoms with Gasteiger partial charge in [-0.3, -0.25) is 4.90 Å². The Hall–Kier alpha value is -0.120. The van der Waals surface area contributed by atoms with Crippen molar-refractivity contribution in [2.45, 2.75) is 63.7 Å². The number of ether oxygens (including phenoxy) is 1. The van der Waals surface area contributed by atoms with Gasteiger partial charge in [0.1, 0.15) is 0 Å². The first kappa shape index (κ1) is 12.3. The van der Waals surface area contributed by atoms with E-state index >= 15 is 0 Å². The molecule has 2 aliphatic heterocycles. The van der Waals surface area contributed by atoms with Crippen LogP contribution in [0.2, 0.25) is 0 Å². The molecule has 0 aromatic carbocycles. The molecule has 3 nitrogen and oxygen atoms in total. The van der Waals surface area contributed by atoms with Crippen molar-refractivity contribution in [2.75, 3.05) is 19.7 Å². The maximum atomic E-state index is 10.1. The highest BCUT2D eigenvalue weighted by Crippen LogP contribution is 2.28. The minimum Gasteiger partial charge on any atom is -0.389 e. The van der Waals surface area contributed by atoms with Crippen LogP contribution in [0.25, 0.3) is 0 Å². The zero-order valence-corrected chi connectivity index (χ0v) is 10.6. The van der Waals surface area contributed by atoms with Crippen molar-refractivity contribution in [1.82, 2.24) is 4.90 Å². The number of likely N-dealkylation sites (tertiary alicyclic amines) is 1. The van der Waals surface area contributed by atoms with Crippen LogP contribution >= 0.6 is 0 Å². The fourth-order valence-electron chi connectivity index (χ4n) is 3.06. The van der Waals surface area contributed by atoms with Gasteiger partial charge < -0.3 is 9.84 Å². The van der Waals surface area contributed by atoms with Gasteiger partial charge in [0.25, 0.3) is 0 Å². The van der Waals surface area contributed by atoms with E-state index in [-0.39, 0.29) is 0 Å². The molecule has 94 valence electrons. The molecular weight excluding hydrogens is 202 g/mol. The molecule has 2 heterocycles. The highest BCUT2D eigenvalue weighted by Gasteiger charge is 2.36. The summed E-state index contributed by atoms with van der Waals surface area (Å²) in [4.78, 5) is 2.43. The van der Waals surface area contributed by atoms with Crippen molar-refractivity contribution in [3.8, 4) is 0 Å². The number of aliphatic hydroxyl groups is 1. The molecule has 0 aliphatic carbocycles. The summed E-state index contributed by atoms with van der Waals surface area (Å²) in [5.74, 6) is 0. The molecule has 0 aromatic heterocycles. The van der Waals surface area contributed by atoms with Crippen molar-refractivity contribution in [3.63, 3.8) is 0 Å². The van der Waals surface area contributed by atoms with Gasteiger partial charge in [-0.2, -0.15) is 0 Å². The lowest BCUT2D eigenvalue weighted by atomic mass is 9.96. The summed E-state index contributed by atoms with van der Waals surface area (Å²) in [6.45, 7) is 6.91.